The van der Waals surface area contributed by atoms with Crippen LogP contribution in [0.15, 0.2) is 41.7 Å². The lowest BCUT2D eigenvalue weighted by Crippen LogP contribution is -2.31. The fraction of sp³-hybridized carbons (Fsp3) is 0.312. The van der Waals surface area contributed by atoms with Crippen molar-refractivity contribution in [3.05, 3.63) is 53.5 Å². The van der Waals surface area contributed by atoms with Crippen LogP contribution in [0.4, 0.5) is 5.82 Å². The SMILES string of the molecule is c1ccc2c(c1)CCN(c1cncc(C3=NCCN3)n1)C2. The highest BCUT2D eigenvalue weighted by Crippen LogP contribution is 2.22. The molecule has 4 rings (SSSR count). The van der Waals surface area contributed by atoms with Crippen molar-refractivity contribution in [1.82, 2.24) is 15.3 Å². The van der Waals surface area contributed by atoms with Gasteiger partial charge in [-0.05, 0) is 17.5 Å². The first-order chi connectivity index (χ1) is 10.4. The molecule has 1 aromatic carbocycles. The number of amidine groups is 1. The molecule has 0 saturated heterocycles. The van der Waals surface area contributed by atoms with Crippen molar-refractivity contribution in [2.45, 2.75) is 13.0 Å². The van der Waals surface area contributed by atoms with Crippen LogP contribution >= 0.6 is 0 Å². The maximum Gasteiger partial charge on any atom is 0.149 e. The highest BCUT2D eigenvalue weighted by atomic mass is 15.2. The molecule has 5 heteroatoms. The Morgan fingerprint density at radius 2 is 2.00 bits per heavy atom. The van der Waals surface area contributed by atoms with Gasteiger partial charge < -0.3 is 10.2 Å². The van der Waals surface area contributed by atoms with Gasteiger partial charge >= 0.3 is 0 Å². The minimum atomic E-state index is 0.818. The average molecular weight is 279 g/mol. The van der Waals surface area contributed by atoms with E-state index in [1.165, 1.54) is 11.1 Å². The summed E-state index contributed by atoms with van der Waals surface area (Å²) in [4.78, 5) is 15.8. The first kappa shape index (κ1) is 12.3. The highest BCUT2D eigenvalue weighted by Gasteiger charge is 2.18. The summed E-state index contributed by atoms with van der Waals surface area (Å²) in [5, 5.41) is 3.25. The van der Waals surface area contributed by atoms with Gasteiger partial charge in [0.2, 0.25) is 0 Å². The Kier molecular flexibility index (Phi) is 3.03. The van der Waals surface area contributed by atoms with E-state index in [0.717, 1.165) is 49.9 Å². The molecule has 0 bridgehead atoms. The lowest BCUT2D eigenvalue weighted by molar-refractivity contribution is 0.718. The second-order valence-corrected chi connectivity index (χ2v) is 5.36. The van der Waals surface area contributed by atoms with Crippen LogP contribution in [0, 0.1) is 0 Å². The van der Waals surface area contributed by atoms with E-state index >= 15 is 0 Å². The zero-order valence-electron chi connectivity index (χ0n) is 11.8. The molecule has 0 amide bonds. The van der Waals surface area contributed by atoms with E-state index in [4.69, 9.17) is 4.98 Å². The fourth-order valence-electron chi connectivity index (χ4n) is 2.88. The maximum atomic E-state index is 4.72. The molecule has 21 heavy (non-hydrogen) atoms. The summed E-state index contributed by atoms with van der Waals surface area (Å²) in [6.45, 7) is 3.58. The Labute approximate surface area is 123 Å². The second kappa shape index (κ2) is 5.16. The largest absolute Gasteiger partial charge is 0.367 e. The average Bonchev–Trinajstić information content (AvgIpc) is 3.09. The number of benzene rings is 1. The number of hydrogen-bond acceptors (Lipinski definition) is 5. The predicted octanol–water partition coefficient (Wildman–Crippen LogP) is 1.39. The van der Waals surface area contributed by atoms with Gasteiger partial charge in [0, 0.05) is 19.6 Å². The first-order valence-corrected chi connectivity index (χ1v) is 7.32. The molecule has 0 radical (unpaired) electrons. The molecule has 2 aliphatic heterocycles. The van der Waals surface area contributed by atoms with Crippen LogP contribution < -0.4 is 10.2 Å². The fourth-order valence-corrected chi connectivity index (χ4v) is 2.88. The van der Waals surface area contributed by atoms with E-state index in [0.29, 0.717) is 0 Å². The molecule has 2 aromatic rings. The summed E-state index contributed by atoms with van der Waals surface area (Å²) < 4.78 is 0. The van der Waals surface area contributed by atoms with Gasteiger partial charge in [-0.2, -0.15) is 0 Å². The Balaban J connectivity index is 1.61. The van der Waals surface area contributed by atoms with E-state index in [2.05, 4.69) is 44.5 Å². The van der Waals surface area contributed by atoms with E-state index in [1.807, 2.05) is 6.20 Å². The van der Waals surface area contributed by atoms with Crippen molar-refractivity contribution in [3.8, 4) is 0 Å². The number of nitrogens with zero attached hydrogens (tertiary/aromatic N) is 4. The molecule has 106 valence electrons. The number of rotatable bonds is 2. The summed E-state index contributed by atoms with van der Waals surface area (Å²) >= 11 is 0. The Morgan fingerprint density at radius 3 is 2.86 bits per heavy atom. The second-order valence-electron chi connectivity index (χ2n) is 5.36. The zero-order valence-corrected chi connectivity index (χ0v) is 11.8. The van der Waals surface area contributed by atoms with Crippen LogP contribution in [0.25, 0.3) is 0 Å². The molecular weight excluding hydrogens is 262 g/mol. The highest BCUT2D eigenvalue weighted by molar-refractivity contribution is 5.98. The summed E-state index contributed by atoms with van der Waals surface area (Å²) in [6.07, 6.45) is 4.67. The van der Waals surface area contributed by atoms with Crippen LogP contribution in [-0.2, 0) is 13.0 Å². The first-order valence-electron chi connectivity index (χ1n) is 7.32. The summed E-state index contributed by atoms with van der Waals surface area (Å²) in [5.74, 6) is 1.79. The maximum absolute atomic E-state index is 4.72. The third-order valence-electron chi connectivity index (χ3n) is 3.99. The minimum absolute atomic E-state index is 0.818. The van der Waals surface area contributed by atoms with Crippen LogP contribution in [0.3, 0.4) is 0 Å². The summed E-state index contributed by atoms with van der Waals surface area (Å²) in [5.41, 5.74) is 3.66. The van der Waals surface area contributed by atoms with Gasteiger partial charge in [0.15, 0.2) is 0 Å². The standard InChI is InChI=1S/C16H17N5/c1-2-4-13-11-21(8-5-12(13)3-1)15-10-17-9-14(20-15)16-18-6-7-19-16/h1-4,9-10H,5-8,11H2,(H,18,19). The smallest absolute Gasteiger partial charge is 0.149 e. The number of hydrogen-bond donors (Lipinski definition) is 1. The molecule has 0 unspecified atom stereocenters. The lowest BCUT2D eigenvalue weighted by atomic mass is 10.00. The van der Waals surface area contributed by atoms with E-state index in [1.54, 1.807) is 6.20 Å². The van der Waals surface area contributed by atoms with Crippen molar-refractivity contribution >= 4 is 11.7 Å². The Morgan fingerprint density at radius 1 is 1.10 bits per heavy atom. The van der Waals surface area contributed by atoms with Gasteiger partial charge in [-0.3, -0.25) is 9.98 Å². The Hall–Kier alpha value is -2.43. The molecule has 0 fully saturated rings. The van der Waals surface area contributed by atoms with Crippen LogP contribution in [0.5, 0.6) is 0 Å². The van der Waals surface area contributed by atoms with Gasteiger partial charge in [0.05, 0.1) is 18.9 Å². The van der Waals surface area contributed by atoms with Crippen molar-refractivity contribution in [2.24, 2.45) is 4.99 Å². The monoisotopic (exact) mass is 279 g/mol. The van der Waals surface area contributed by atoms with E-state index in [-0.39, 0.29) is 0 Å². The lowest BCUT2D eigenvalue weighted by Gasteiger charge is -2.29. The Bertz CT molecular complexity index is 695. The minimum Gasteiger partial charge on any atom is -0.367 e. The van der Waals surface area contributed by atoms with Crippen molar-refractivity contribution in [3.63, 3.8) is 0 Å². The number of nitrogens with one attached hydrogen (secondary N) is 1. The van der Waals surface area contributed by atoms with Gasteiger partial charge in [0.1, 0.15) is 17.3 Å². The molecule has 0 aliphatic carbocycles. The molecule has 0 atom stereocenters. The van der Waals surface area contributed by atoms with Crippen LogP contribution in [0.2, 0.25) is 0 Å². The molecule has 0 spiro atoms. The predicted molar refractivity (Wildman–Crippen MR) is 82.6 cm³/mol. The zero-order chi connectivity index (χ0) is 14.1. The molecule has 5 nitrogen and oxygen atoms in total. The van der Waals surface area contributed by atoms with Crippen LogP contribution in [-0.4, -0.2) is 35.4 Å². The third kappa shape index (κ3) is 2.35. The van der Waals surface area contributed by atoms with Gasteiger partial charge in [-0.25, -0.2) is 4.98 Å². The van der Waals surface area contributed by atoms with Gasteiger partial charge in [0.25, 0.3) is 0 Å². The number of aromatic nitrogens is 2. The van der Waals surface area contributed by atoms with Crippen molar-refractivity contribution in [1.29, 1.82) is 0 Å². The molecule has 0 saturated carbocycles. The number of fused-ring (bicyclic) bond motifs is 1. The van der Waals surface area contributed by atoms with E-state index in [9.17, 15) is 0 Å². The summed E-state index contributed by atoms with van der Waals surface area (Å²) in [7, 11) is 0. The number of anilines is 1. The molecular formula is C16H17N5. The van der Waals surface area contributed by atoms with Gasteiger partial charge in [-0.15, -0.1) is 0 Å². The van der Waals surface area contributed by atoms with Crippen molar-refractivity contribution in [2.75, 3.05) is 24.5 Å². The quantitative estimate of drug-likeness (QED) is 0.902. The number of aliphatic imine (C=N–C) groups is 1. The molecule has 1 aromatic heterocycles. The summed E-state index contributed by atoms with van der Waals surface area (Å²) in [6, 6.07) is 8.62. The van der Waals surface area contributed by atoms with E-state index < -0.39 is 0 Å². The van der Waals surface area contributed by atoms with Crippen molar-refractivity contribution < 1.29 is 0 Å². The molecule has 2 aliphatic rings. The normalized spacial score (nSPS) is 17.1. The third-order valence-corrected chi connectivity index (χ3v) is 3.99. The molecule has 1 N–H and O–H groups in total. The van der Waals surface area contributed by atoms with Crippen LogP contribution in [0.1, 0.15) is 16.8 Å². The topological polar surface area (TPSA) is 53.4 Å². The molecule has 3 heterocycles. The van der Waals surface area contributed by atoms with Gasteiger partial charge in [-0.1, -0.05) is 24.3 Å².